The van der Waals surface area contributed by atoms with Crippen LogP contribution in [0.4, 0.5) is 10.1 Å². The average molecular weight is 272 g/mol. The van der Waals surface area contributed by atoms with Crippen LogP contribution in [0.3, 0.4) is 0 Å². The van der Waals surface area contributed by atoms with E-state index in [0.29, 0.717) is 16.9 Å². The monoisotopic (exact) mass is 272 g/mol. The molecule has 0 fully saturated rings. The van der Waals surface area contributed by atoms with Crippen LogP contribution in [0, 0.1) is 34.2 Å². The van der Waals surface area contributed by atoms with Crippen LogP contribution in [0.2, 0.25) is 0 Å². The van der Waals surface area contributed by atoms with Crippen molar-refractivity contribution in [3.63, 3.8) is 0 Å². The zero-order valence-electron chi connectivity index (χ0n) is 10.5. The number of halogens is 1. The fourth-order valence-corrected chi connectivity index (χ4v) is 1.67. The van der Waals surface area contributed by atoms with E-state index in [2.05, 4.69) is 0 Å². The number of benzene rings is 2. The standard InChI is InChI=1S/C14H9FN2O3/c1-9-6-10(8-16)2-4-13(9)20-14-5-3-11(15)7-12(14)17(18)19/h2-7H,1H3. The van der Waals surface area contributed by atoms with Gasteiger partial charge in [-0.05, 0) is 42.8 Å². The van der Waals surface area contributed by atoms with E-state index in [1.54, 1.807) is 19.1 Å². The van der Waals surface area contributed by atoms with E-state index >= 15 is 0 Å². The summed E-state index contributed by atoms with van der Waals surface area (Å²) in [5.74, 6) is -0.386. The van der Waals surface area contributed by atoms with E-state index in [0.717, 1.165) is 12.1 Å². The minimum absolute atomic E-state index is 0.0517. The Morgan fingerprint density at radius 1 is 1.25 bits per heavy atom. The second-order valence-electron chi connectivity index (χ2n) is 4.06. The van der Waals surface area contributed by atoms with Crippen LogP contribution < -0.4 is 4.74 Å². The predicted octanol–water partition coefficient (Wildman–Crippen LogP) is 3.71. The van der Waals surface area contributed by atoms with Gasteiger partial charge in [-0.2, -0.15) is 5.26 Å². The van der Waals surface area contributed by atoms with Gasteiger partial charge in [0.1, 0.15) is 11.6 Å². The maximum Gasteiger partial charge on any atom is 0.314 e. The molecule has 0 unspecified atom stereocenters. The second kappa shape index (κ2) is 5.36. The molecule has 0 amide bonds. The van der Waals surface area contributed by atoms with E-state index in [1.807, 2.05) is 6.07 Å². The van der Waals surface area contributed by atoms with Gasteiger partial charge in [0.05, 0.1) is 22.6 Å². The molecule has 0 aromatic heterocycles. The van der Waals surface area contributed by atoms with Gasteiger partial charge in [0, 0.05) is 0 Å². The van der Waals surface area contributed by atoms with Gasteiger partial charge in [0.2, 0.25) is 5.75 Å². The summed E-state index contributed by atoms with van der Waals surface area (Å²) in [5, 5.41) is 19.6. The molecule has 0 atom stereocenters. The first-order valence-electron chi connectivity index (χ1n) is 5.64. The van der Waals surface area contributed by atoms with Gasteiger partial charge in [0.25, 0.3) is 0 Å². The first kappa shape index (κ1) is 13.5. The van der Waals surface area contributed by atoms with Crippen molar-refractivity contribution >= 4 is 5.69 Å². The van der Waals surface area contributed by atoms with E-state index in [9.17, 15) is 14.5 Å². The lowest BCUT2D eigenvalue weighted by Crippen LogP contribution is -1.95. The molecule has 0 saturated heterocycles. The number of hydrogen-bond donors (Lipinski definition) is 0. The number of nitro groups is 1. The SMILES string of the molecule is Cc1cc(C#N)ccc1Oc1ccc(F)cc1[N+](=O)[O-]. The van der Waals surface area contributed by atoms with Gasteiger partial charge in [-0.25, -0.2) is 4.39 Å². The van der Waals surface area contributed by atoms with Crippen molar-refractivity contribution in [3.8, 4) is 17.6 Å². The summed E-state index contributed by atoms with van der Waals surface area (Å²) in [6, 6.07) is 9.75. The van der Waals surface area contributed by atoms with Gasteiger partial charge < -0.3 is 4.74 Å². The first-order chi connectivity index (χ1) is 9.51. The van der Waals surface area contributed by atoms with Crippen molar-refractivity contribution in [1.82, 2.24) is 0 Å². The second-order valence-corrected chi connectivity index (χ2v) is 4.06. The van der Waals surface area contributed by atoms with Crippen LogP contribution in [0.5, 0.6) is 11.5 Å². The number of ether oxygens (including phenoxy) is 1. The maximum atomic E-state index is 13.0. The smallest absolute Gasteiger partial charge is 0.314 e. The molecule has 0 bridgehead atoms. The Hall–Kier alpha value is -2.94. The average Bonchev–Trinajstić information content (AvgIpc) is 2.42. The Bertz CT molecular complexity index is 723. The lowest BCUT2D eigenvalue weighted by Gasteiger charge is -2.09. The molecule has 5 nitrogen and oxygen atoms in total. The molecule has 0 aliphatic rings. The van der Waals surface area contributed by atoms with Crippen LogP contribution in [-0.4, -0.2) is 4.92 Å². The lowest BCUT2D eigenvalue weighted by atomic mass is 10.1. The van der Waals surface area contributed by atoms with Crippen LogP contribution in [0.25, 0.3) is 0 Å². The van der Waals surface area contributed by atoms with Crippen LogP contribution in [0.15, 0.2) is 36.4 Å². The maximum absolute atomic E-state index is 13.0. The number of aryl methyl sites for hydroxylation is 1. The summed E-state index contributed by atoms with van der Waals surface area (Å²) < 4.78 is 18.5. The minimum Gasteiger partial charge on any atom is -0.450 e. The van der Waals surface area contributed by atoms with E-state index in [-0.39, 0.29) is 5.75 Å². The first-order valence-corrected chi connectivity index (χ1v) is 5.64. The van der Waals surface area contributed by atoms with Gasteiger partial charge in [-0.1, -0.05) is 0 Å². The van der Waals surface area contributed by atoms with E-state index < -0.39 is 16.4 Å². The Morgan fingerprint density at radius 3 is 2.55 bits per heavy atom. The zero-order chi connectivity index (χ0) is 14.7. The Morgan fingerprint density at radius 2 is 1.95 bits per heavy atom. The summed E-state index contributed by atoms with van der Waals surface area (Å²) in [7, 11) is 0. The molecule has 0 aliphatic carbocycles. The molecule has 0 N–H and O–H groups in total. The topological polar surface area (TPSA) is 76.2 Å². The molecule has 2 rings (SSSR count). The molecule has 0 radical (unpaired) electrons. The summed E-state index contributed by atoms with van der Waals surface area (Å²) in [6.07, 6.45) is 0. The minimum atomic E-state index is -0.711. The highest BCUT2D eigenvalue weighted by molar-refractivity contribution is 5.50. The predicted molar refractivity (Wildman–Crippen MR) is 69.0 cm³/mol. The molecule has 0 spiro atoms. The fourth-order valence-electron chi connectivity index (χ4n) is 1.67. The number of rotatable bonds is 3. The molecule has 2 aromatic carbocycles. The van der Waals surface area contributed by atoms with Crippen LogP contribution in [0.1, 0.15) is 11.1 Å². The molecule has 2 aromatic rings. The largest absolute Gasteiger partial charge is 0.450 e. The van der Waals surface area contributed by atoms with Crippen molar-refractivity contribution < 1.29 is 14.1 Å². The molecule has 6 heteroatoms. The van der Waals surface area contributed by atoms with Crippen LogP contribution in [-0.2, 0) is 0 Å². The zero-order valence-corrected chi connectivity index (χ0v) is 10.5. The van der Waals surface area contributed by atoms with E-state index in [1.165, 1.54) is 12.1 Å². The van der Waals surface area contributed by atoms with Crippen molar-refractivity contribution in [2.24, 2.45) is 0 Å². The Kier molecular flexibility index (Phi) is 3.62. The Balaban J connectivity index is 2.40. The lowest BCUT2D eigenvalue weighted by molar-refractivity contribution is -0.385. The quantitative estimate of drug-likeness (QED) is 0.630. The van der Waals surface area contributed by atoms with Gasteiger partial charge in [-0.3, -0.25) is 10.1 Å². The normalized spacial score (nSPS) is 9.85. The summed E-state index contributed by atoms with van der Waals surface area (Å²) >= 11 is 0. The van der Waals surface area contributed by atoms with Gasteiger partial charge in [0.15, 0.2) is 0 Å². The third kappa shape index (κ3) is 2.72. The molecular weight excluding hydrogens is 263 g/mol. The summed E-state index contributed by atoms with van der Waals surface area (Å²) in [5.41, 5.74) is 0.667. The molecule has 0 saturated carbocycles. The number of nitriles is 1. The van der Waals surface area contributed by atoms with Crippen molar-refractivity contribution in [2.45, 2.75) is 6.92 Å². The highest BCUT2D eigenvalue weighted by atomic mass is 19.1. The van der Waals surface area contributed by atoms with Crippen LogP contribution >= 0.6 is 0 Å². The van der Waals surface area contributed by atoms with Crippen molar-refractivity contribution in [2.75, 3.05) is 0 Å². The highest BCUT2D eigenvalue weighted by Gasteiger charge is 2.17. The third-order valence-corrected chi connectivity index (χ3v) is 2.64. The third-order valence-electron chi connectivity index (χ3n) is 2.64. The molecular formula is C14H9FN2O3. The highest BCUT2D eigenvalue weighted by Crippen LogP contribution is 2.33. The van der Waals surface area contributed by atoms with Crippen molar-refractivity contribution in [3.05, 3.63) is 63.5 Å². The number of nitrogens with zero attached hydrogens (tertiary/aromatic N) is 2. The molecule has 0 aliphatic heterocycles. The summed E-state index contributed by atoms with van der Waals surface area (Å²) in [4.78, 5) is 10.2. The Labute approximate surface area is 114 Å². The number of hydrogen-bond acceptors (Lipinski definition) is 4. The number of nitro benzene ring substituents is 1. The molecule has 20 heavy (non-hydrogen) atoms. The van der Waals surface area contributed by atoms with Crippen molar-refractivity contribution in [1.29, 1.82) is 5.26 Å². The van der Waals surface area contributed by atoms with E-state index in [4.69, 9.17) is 10.00 Å². The summed E-state index contributed by atoms with van der Waals surface area (Å²) in [6.45, 7) is 1.71. The van der Waals surface area contributed by atoms with Gasteiger partial charge >= 0.3 is 5.69 Å². The molecule has 100 valence electrons. The molecule has 0 heterocycles. The fraction of sp³-hybridized carbons (Fsp3) is 0.0714. The van der Waals surface area contributed by atoms with Gasteiger partial charge in [-0.15, -0.1) is 0 Å².